The molecule has 6 heteroatoms. The zero-order valence-electron chi connectivity index (χ0n) is 9.11. The van der Waals surface area contributed by atoms with Gasteiger partial charge in [0, 0.05) is 0 Å². The molecule has 0 aliphatic heterocycles. The lowest BCUT2D eigenvalue weighted by atomic mass is 10.2. The number of aryl methyl sites for hydroxylation is 1. The summed E-state index contributed by atoms with van der Waals surface area (Å²) in [4.78, 5) is 0. The molecule has 1 aromatic heterocycles. The van der Waals surface area contributed by atoms with Crippen molar-refractivity contribution in [2.75, 3.05) is 7.05 Å². The topological polar surface area (TPSA) is 55.6 Å². The van der Waals surface area contributed by atoms with E-state index >= 15 is 0 Å². The van der Waals surface area contributed by atoms with Gasteiger partial charge in [0.2, 0.25) is 0 Å². The molecule has 5 nitrogen and oxygen atoms in total. The second-order valence-electron chi connectivity index (χ2n) is 3.49. The maximum absolute atomic E-state index is 6.16. The Balaban J connectivity index is 2.46. The van der Waals surface area contributed by atoms with Gasteiger partial charge in [-0.1, -0.05) is 17.7 Å². The summed E-state index contributed by atoms with van der Waals surface area (Å²) >= 11 is 6.16. The van der Waals surface area contributed by atoms with Crippen LogP contribution in [-0.4, -0.2) is 27.3 Å². The highest BCUT2D eigenvalue weighted by atomic mass is 35.5. The van der Waals surface area contributed by atoms with Gasteiger partial charge in [-0.3, -0.25) is 0 Å². The molecule has 2 rings (SSSR count). The molecule has 1 N–H and O–H groups in total. The SMILES string of the molecule is CNCc1nnnn1-c1ccc(C)cc1Cl. The van der Waals surface area contributed by atoms with Crippen LogP contribution >= 0.6 is 11.6 Å². The highest BCUT2D eigenvalue weighted by Crippen LogP contribution is 2.21. The number of tetrazole rings is 1. The van der Waals surface area contributed by atoms with Crippen LogP contribution in [0.2, 0.25) is 5.02 Å². The van der Waals surface area contributed by atoms with Crippen molar-refractivity contribution in [3.05, 3.63) is 34.6 Å². The predicted molar refractivity (Wildman–Crippen MR) is 61.7 cm³/mol. The first kappa shape index (κ1) is 11.0. The zero-order valence-corrected chi connectivity index (χ0v) is 9.86. The number of nitrogens with one attached hydrogen (secondary N) is 1. The smallest absolute Gasteiger partial charge is 0.170 e. The van der Waals surface area contributed by atoms with Gasteiger partial charge in [-0.15, -0.1) is 5.10 Å². The van der Waals surface area contributed by atoms with Crippen molar-refractivity contribution in [2.45, 2.75) is 13.5 Å². The summed E-state index contributed by atoms with van der Waals surface area (Å²) in [7, 11) is 1.84. The summed E-state index contributed by atoms with van der Waals surface area (Å²) in [6.45, 7) is 2.58. The number of nitrogens with zero attached hydrogens (tertiary/aromatic N) is 4. The Bertz CT molecular complexity index is 494. The lowest BCUT2D eigenvalue weighted by molar-refractivity contribution is 0.709. The highest BCUT2D eigenvalue weighted by molar-refractivity contribution is 6.32. The van der Waals surface area contributed by atoms with E-state index in [1.165, 1.54) is 0 Å². The average Bonchev–Trinajstić information content (AvgIpc) is 2.67. The third kappa shape index (κ3) is 2.05. The van der Waals surface area contributed by atoms with E-state index in [0.29, 0.717) is 11.6 Å². The number of hydrogen-bond acceptors (Lipinski definition) is 4. The Morgan fingerprint density at radius 3 is 2.94 bits per heavy atom. The summed E-state index contributed by atoms with van der Waals surface area (Å²) < 4.78 is 1.64. The molecular weight excluding hydrogens is 226 g/mol. The minimum absolute atomic E-state index is 0.594. The van der Waals surface area contributed by atoms with Gasteiger partial charge in [0.15, 0.2) is 5.82 Å². The zero-order chi connectivity index (χ0) is 11.5. The number of aromatic nitrogens is 4. The molecule has 84 valence electrons. The quantitative estimate of drug-likeness (QED) is 0.876. The Hall–Kier alpha value is -1.46. The van der Waals surface area contributed by atoms with E-state index in [0.717, 1.165) is 17.1 Å². The molecule has 0 fully saturated rings. The van der Waals surface area contributed by atoms with Gasteiger partial charge in [0.1, 0.15) is 0 Å². The number of benzene rings is 1. The van der Waals surface area contributed by atoms with E-state index in [9.17, 15) is 0 Å². The van der Waals surface area contributed by atoms with Crippen LogP contribution < -0.4 is 5.32 Å². The van der Waals surface area contributed by atoms with E-state index in [-0.39, 0.29) is 0 Å². The second kappa shape index (κ2) is 4.59. The molecule has 0 radical (unpaired) electrons. The van der Waals surface area contributed by atoms with E-state index in [4.69, 9.17) is 11.6 Å². The van der Waals surface area contributed by atoms with Crippen molar-refractivity contribution < 1.29 is 0 Å². The molecule has 0 aliphatic rings. The van der Waals surface area contributed by atoms with Crippen molar-refractivity contribution in [2.24, 2.45) is 0 Å². The molecule has 0 saturated heterocycles. The van der Waals surface area contributed by atoms with E-state index in [2.05, 4.69) is 20.8 Å². The first-order valence-electron chi connectivity index (χ1n) is 4.90. The summed E-state index contributed by atoms with van der Waals surface area (Å²) in [6.07, 6.45) is 0. The summed E-state index contributed by atoms with van der Waals surface area (Å²) in [5.74, 6) is 0.730. The fraction of sp³-hybridized carbons (Fsp3) is 0.300. The monoisotopic (exact) mass is 237 g/mol. The predicted octanol–water partition coefficient (Wildman–Crippen LogP) is 1.34. The maximum atomic E-state index is 6.16. The second-order valence-corrected chi connectivity index (χ2v) is 3.90. The van der Waals surface area contributed by atoms with Crippen molar-refractivity contribution in [3.8, 4) is 5.69 Å². The minimum Gasteiger partial charge on any atom is -0.313 e. The Morgan fingerprint density at radius 2 is 2.25 bits per heavy atom. The lowest BCUT2D eigenvalue weighted by Gasteiger charge is -2.06. The van der Waals surface area contributed by atoms with Crippen molar-refractivity contribution in [3.63, 3.8) is 0 Å². The van der Waals surface area contributed by atoms with Gasteiger partial charge in [0.25, 0.3) is 0 Å². The van der Waals surface area contributed by atoms with Crippen LogP contribution in [0.5, 0.6) is 0 Å². The number of rotatable bonds is 3. The third-order valence-corrected chi connectivity index (χ3v) is 2.50. The van der Waals surface area contributed by atoms with E-state index < -0.39 is 0 Å². The maximum Gasteiger partial charge on any atom is 0.170 e. The van der Waals surface area contributed by atoms with Crippen LogP contribution in [0, 0.1) is 6.92 Å². The lowest BCUT2D eigenvalue weighted by Crippen LogP contribution is -2.12. The van der Waals surface area contributed by atoms with Crippen LogP contribution in [0.3, 0.4) is 0 Å². The molecule has 0 aliphatic carbocycles. The molecule has 1 aromatic carbocycles. The summed E-state index contributed by atoms with van der Waals surface area (Å²) in [6, 6.07) is 5.78. The number of hydrogen-bond donors (Lipinski definition) is 1. The van der Waals surface area contributed by atoms with Crippen molar-refractivity contribution in [1.82, 2.24) is 25.5 Å². The molecule has 2 aromatic rings. The summed E-state index contributed by atoms with van der Waals surface area (Å²) in [5, 5.41) is 15.1. The Kier molecular flexibility index (Phi) is 3.17. The molecular formula is C10H12ClN5. The van der Waals surface area contributed by atoms with Crippen LogP contribution in [0.15, 0.2) is 18.2 Å². The van der Waals surface area contributed by atoms with Crippen LogP contribution in [0.4, 0.5) is 0 Å². The standard InChI is InChI=1S/C10H12ClN5/c1-7-3-4-9(8(11)5-7)16-10(6-12-2)13-14-15-16/h3-5,12H,6H2,1-2H3. The van der Waals surface area contributed by atoms with Crippen molar-refractivity contribution >= 4 is 11.6 Å². The van der Waals surface area contributed by atoms with Gasteiger partial charge in [-0.25, -0.2) is 0 Å². The van der Waals surface area contributed by atoms with Gasteiger partial charge in [-0.05, 0) is 42.1 Å². The van der Waals surface area contributed by atoms with Gasteiger partial charge < -0.3 is 5.32 Å². The average molecular weight is 238 g/mol. The minimum atomic E-state index is 0.594. The Labute approximate surface area is 98.4 Å². The first-order chi connectivity index (χ1) is 7.72. The fourth-order valence-corrected chi connectivity index (χ4v) is 1.76. The number of halogens is 1. The van der Waals surface area contributed by atoms with E-state index in [1.54, 1.807) is 4.68 Å². The van der Waals surface area contributed by atoms with Crippen LogP contribution in [0.1, 0.15) is 11.4 Å². The van der Waals surface area contributed by atoms with Crippen LogP contribution in [0.25, 0.3) is 5.69 Å². The third-order valence-electron chi connectivity index (χ3n) is 2.20. The van der Waals surface area contributed by atoms with Gasteiger partial charge in [0.05, 0.1) is 17.3 Å². The molecule has 0 amide bonds. The highest BCUT2D eigenvalue weighted by Gasteiger charge is 2.10. The molecule has 0 spiro atoms. The molecule has 1 heterocycles. The van der Waals surface area contributed by atoms with Gasteiger partial charge >= 0.3 is 0 Å². The normalized spacial score (nSPS) is 10.7. The molecule has 0 bridgehead atoms. The largest absolute Gasteiger partial charge is 0.313 e. The van der Waals surface area contributed by atoms with Gasteiger partial charge in [-0.2, -0.15) is 4.68 Å². The summed E-state index contributed by atoms with van der Waals surface area (Å²) in [5.41, 5.74) is 1.90. The van der Waals surface area contributed by atoms with Crippen LogP contribution in [-0.2, 0) is 6.54 Å². The molecule has 0 atom stereocenters. The molecule has 0 unspecified atom stereocenters. The van der Waals surface area contributed by atoms with Crippen molar-refractivity contribution in [1.29, 1.82) is 0 Å². The first-order valence-corrected chi connectivity index (χ1v) is 5.28. The molecule has 16 heavy (non-hydrogen) atoms. The van der Waals surface area contributed by atoms with E-state index in [1.807, 2.05) is 32.2 Å². The molecule has 0 saturated carbocycles. The Morgan fingerprint density at radius 1 is 1.44 bits per heavy atom. The fourth-order valence-electron chi connectivity index (χ4n) is 1.44.